The number of benzene rings is 1. The van der Waals surface area contributed by atoms with Gasteiger partial charge in [-0.05, 0) is 36.2 Å². The molecule has 0 unspecified atom stereocenters. The summed E-state index contributed by atoms with van der Waals surface area (Å²) in [5.41, 5.74) is 1.66. The molecule has 0 aliphatic carbocycles. The van der Waals surface area contributed by atoms with Gasteiger partial charge < -0.3 is 10.1 Å². The van der Waals surface area contributed by atoms with Crippen molar-refractivity contribution in [3.05, 3.63) is 50.7 Å². The van der Waals surface area contributed by atoms with E-state index in [0.29, 0.717) is 6.61 Å². The van der Waals surface area contributed by atoms with Crippen molar-refractivity contribution < 1.29 is 9.53 Å². The van der Waals surface area contributed by atoms with Gasteiger partial charge in [0.1, 0.15) is 5.75 Å². The zero-order valence-corrected chi connectivity index (χ0v) is 14.2. The van der Waals surface area contributed by atoms with E-state index in [-0.39, 0.29) is 12.4 Å². The van der Waals surface area contributed by atoms with Crippen LogP contribution in [0.5, 0.6) is 5.75 Å². The Morgan fingerprint density at radius 1 is 1.31 bits per heavy atom. The van der Waals surface area contributed by atoms with Crippen molar-refractivity contribution >= 4 is 17.9 Å². The predicted octanol–water partition coefficient (Wildman–Crippen LogP) is 0.199. The van der Waals surface area contributed by atoms with Gasteiger partial charge in [0.25, 0.3) is 11.5 Å². The van der Waals surface area contributed by atoms with E-state index in [4.69, 9.17) is 4.74 Å². The Labute approximate surface area is 148 Å². The van der Waals surface area contributed by atoms with Crippen LogP contribution >= 0.6 is 0 Å². The Kier molecular flexibility index (Phi) is 7.10. The number of anilines is 1. The molecule has 0 fully saturated rings. The van der Waals surface area contributed by atoms with Crippen molar-refractivity contribution in [2.45, 2.75) is 19.8 Å². The first-order valence-electron chi connectivity index (χ1n) is 8.06. The first-order chi connectivity index (χ1) is 12.6. The van der Waals surface area contributed by atoms with Crippen molar-refractivity contribution in [2.24, 2.45) is 5.10 Å². The largest absolute Gasteiger partial charge is 0.494 e. The molecule has 1 amide bonds. The number of ether oxygens (including phenoxy) is 1. The topological polar surface area (TPSA) is 141 Å². The maximum Gasteiger partial charge on any atom is 0.342 e. The quantitative estimate of drug-likeness (QED) is 0.286. The lowest BCUT2D eigenvalue weighted by Crippen LogP contribution is -2.31. The number of nitrogens with zero attached hydrogens (tertiary/aromatic N) is 2. The van der Waals surface area contributed by atoms with Crippen LogP contribution < -0.4 is 26.7 Å². The van der Waals surface area contributed by atoms with E-state index < -0.39 is 17.2 Å². The summed E-state index contributed by atoms with van der Waals surface area (Å²) in [6.07, 6.45) is 3.56. The van der Waals surface area contributed by atoms with Gasteiger partial charge in [0.15, 0.2) is 0 Å². The molecule has 10 heteroatoms. The lowest BCUT2D eigenvalue weighted by atomic mass is 10.2. The van der Waals surface area contributed by atoms with Crippen LogP contribution in [0.25, 0.3) is 0 Å². The highest BCUT2D eigenvalue weighted by molar-refractivity contribution is 5.84. The summed E-state index contributed by atoms with van der Waals surface area (Å²) >= 11 is 0. The lowest BCUT2D eigenvalue weighted by Gasteiger charge is -2.05. The number of hydrogen-bond donors (Lipinski definition) is 4. The molecule has 0 saturated heterocycles. The third-order valence-electron chi connectivity index (χ3n) is 3.18. The Morgan fingerprint density at radius 3 is 2.77 bits per heavy atom. The molecule has 26 heavy (non-hydrogen) atoms. The number of hydrogen-bond acceptors (Lipinski definition) is 7. The second-order valence-corrected chi connectivity index (χ2v) is 5.27. The van der Waals surface area contributed by atoms with E-state index in [1.54, 1.807) is 0 Å². The third kappa shape index (κ3) is 6.23. The molecule has 0 aliphatic rings. The summed E-state index contributed by atoms with van der Waals surface area (Å²) in [5, 5.41) is 11.9. The van der Waals surface area contributed by atoms with Crippen LogP contribution in [0.4, 0.5) is 5.82 Å². The molecule has 2 aromatic rings. The molecular weight excluding hydrogens is 340 g/mol. The molecule has 1 aromatic heterocycles. The van der Waals surface area contributed by atoms with Crippen LogP contribution in [0.15, 0.2) is 39.0 Å². The van der Waals surface area contributed by atoms with E-state index in [2.05, 4.69) is 33.0 Å². The van der Waals surface area contributed by atoms with Crippen LogP contribution in [0.1, 0.15) is 25.3 Å². The maximum absolute atomic E-state index is 11.7. The lowest BCUT2D eigenvalue weighted by molar-refractivity contribution is -0.119. The monoisotopic (exact) mass is 360 g/mol. The molecule has 0 aliphatic heterocycles. The van der Waals surface area contributed by atoms with Crippen molar-refractivity contribution in [1.82, 2.24) is 20.6 Å². The molecule has 4 N–H and O–H groups in total. The maximum atomic E-state index is 11.7. The summed E-state index contributed by atoms with van der Waals surface area (Å²) in [4.78, 5) is 35.9. The average molecular weight is 360 g/mol. The van der Waals surface area contributed by atoms with E-state index in [9.17, 15) is 14.4 Å². The minimum Gasteiger partial charge on any atom is -0.494 e. The predicted molar refractivity (Wildman–Crippen MR) is 96.5 cm³/mol. The third-order valence-corrected chi connectivity index (χ3v) is 3.18. The van der Waals surface area contributed by atoms with Crippen molar-refractivity contribution in [3.8, 4) is 5.75 Å². The molecular formula is C16H20N6O4. The molecule has 0 bridgehead atoms. The van der Waals surface area contributed by atoms with E-state index in [1.807, 2.05) is 29.2 Å². The Balaban J connectivity index is 1.77. The standard InChI is InChI=1S/C16H20N6O4/c1-2-3-8-26-12-6-4-11(5-7-12)9-18-20-13(23)10-17-14-15(24)19-16(25)22-21-14/h4-7,9H,2-3,8,10H2,1H3,(H,17,21)(H,20,23)(H2,19,22,24,25)/b18-9-. The van der Waals surface area contributed by atoms with Gasteiger partial charge in [-0.25, -0.2) is 15.3 Å². The molecule has 1 heterocycles. The number of nitrogens with one attached hydrogen (secondary N) is 4. The fourth-order valence-electron chi connectivity index (χ4n) is 1.83. The van der Waals surface area contributed by atoms with E-state index in [0.717, 1.165) is 24.2 Å². The van der Waals surface area contributed by atoms with Crippen LogP contribution in [0.3, 0.4) is 0 Å². The zero-order valence-electron chi connectivity index (χ0n) is 14.2. The minimum atomic E-state index is -0.726. The first kappa shape index (κ1) is 18.9. The Morgan fingerprint density at radius 2 is 2.08 bits per heavy atom. The van der Waals surface area contributed by atoms with Crippen molar-refractivity contribution in [3.63, 3.8) is 0 Å². The van der Waals surface area contributed by atoms with Crippen LogP contribution in [0.2, 0.25) is 0 Å². The number of hydrazone groups is 1. The highest BCUT2D eigenvalue weighted by atomic mass is 16.5. The van der Waals surface area contributed by atoms with Gasteiger partial charge in [0.05, 0.1) is 19.4 Å². The summed E-state index contributed by atoms with van der Waals surface area (Å²) in [6, 6.07) is 7.29. The molecule has 2 rings (SSSR count). The number of amides is 1. The fourth-order valence-corrected chi connectivity index (χ4v) is 1.83. The highest BCUT2D eigenvalue weighted by Crippen LogP contribution is 2.11. The van der Waals surface area contributed by atoms with Gasteiger partial charge in [-0.1, -0.05) is 13.3 Å². The van der Waals surface area contributed by atoms with Gasteiger partial charge in [-0.2, -0.15) is 5.10 Å². The van der Waals surface area contributed by atoms with Crippen LogP contribution in [-0.4, -0.2) is 40.5 Å². The number of carbonyl (C=O) groups excluding carboxylic acids is 1. The molecule has 1 aromatic carbocycles. The molecule has 0 saturated carbocycles. The molecule has 0 spiro atoms. The number of aromatic amines is 2. The highest BCUT2D eigenvalue weighted by Gasteiger charge is 2.04. The second-order valence-electron chi connectivity index (χ2n) is 5.27. The van der Waals surface area contributed by atoms with Gasteiger partial charge in [-0.3, -0.25) is 14.6 Å². The van der Waals surface area contributed by atoms with Crippen LogP contribution in [-0.2, 0) is 4.79 Å². The zero-order chi connectivity index (χ0) is 18.8. The van der Waals surface area contributed by atoms with Crippen molar-refractivity contribution in [1.29, 1.82) is 0 Å². The van der Waals surface area contributed by atoms with Gasteiger partial charge >= 0.3 is 5.69 Å². The first-order valence-corrected chi connectivity index (χ1v) is 8.06. The normalized spacial score (nSPS) is 10.7. The van der Waals surface area contributed by atoms with E-state index >= 15 is 0 Å². The van der Waals surface area contributed by atoms with Gasteiger partial charge in [0, 0.05) is 0 Å². The summed E-state index contributed by atoms with van der Waals surface area (Å²) < 4.78 is 5.56. The number of carbonyl (C=O) groups is 1. The Bertz CT molecular complexity index is 856. The van der Waals surface area contributed by atoms with Crippen LogP contribution in [0, 0.1) is 0 Å². The van der Waals surface area contributed by atoms with Gasteiger partial charge in [-0.15, -0.1) is 5.10 Å². The van der Waals surface area contributed by atoms with E-state index in [1.165, 1.54) is 6.21 Å². The number of unbranched alkanes of at least 4 members (excludes halogenated alkanes) is 1. The number of H-pyrrole nitrogens is 2. The summed E-state index contributed by atoms with van der Waals surface area (Å²) in [6.45, 7) is 2.55. The molecule has 0 atom stereocenters. The Hall–Kier alpha value is -3.43. The SMILES string of the molecule is CCCCOc1ccc(/C=N\NC(=O)CNc2n[nH]c(=O)[nH]c2=O)cc1. The molecule has 10 nitrogen and oxygen atoms in total. The molecule has 0 radical (unpaired) electrons. The average Bonchev–Trinajstić information content (AvgIpc) is 2.62. The minimum absolute atomic E-state index is 0.164. The summed E-state index contributed by atoms with van der Waals surface area (Å²) in [7, 11) is 0. The smallest absolute Gasteiger partial charge is 0.342 e. The number of aromatic nitrogens is 3. The van der Waals surface area contributed by atoms with Gasteiger partial charge in [0.2, 0.25) is 5.82 Å². The number of rotatable bonds is 9. The fraction of sp³-hybridized carbons (Fsp3) is 0.312. The second kappa shape index (κ2) is 9.77. The van der Waals surface area contributed by atoms with Crippen molar-refractivity contribution in [2.75, 3.05) is 18.5 Å². The summed E-state index contributed by atoms with van der Waals surface area (Å²) in [5.74, 6) is 0.137. The molecule has 138 valence electrons.